The fourth-order valence-corrected chi connectivity index (χ4v) is 8.34. The summed E-state index contributed by atoms with van der Waals surface area (Å²) in [5, 5.41) is 0. The molecule has 2 heterocycles. The zero-order valence-electron chi connectivity index (χ0n) is 20.4. The van der Waals surface area contributed by atoms with Gasteiger partial charge in [0.25, 0.3) is 0 Å². The number of piperidine rings is 1. The second kappa shape index (κ2) is 8.18. The molecule has 1 aromatic heterocycles. The molecule has 4 nitrogen and oxygen atoms in total. The normalized spacial score (nSPS) is 38.4. The van der Waals surface area contributed by atoms with E-state index < -0.39 is 0 Å². The maximum Gasteiger partial charge on any atom is 0.219 e. The van der Waals surface area contributed by atoms with Gasteiger partial charge < -0.3 is 9.64 Å². The first kappa shape index (κ1) is 22.0. The molecule has 3 fully saturated rings. The molecule has 0 aromatic carbocycles. The van der Waals surface area contributed by atoms with Crippen LogP contribution in [0.5, 0.6) is 5.75 Å². The predicted molar refractivity (Wildman–Crippen MR) is 128 cm³/mol. The number of pyridine rings is 1. The van der Waals surface area contributed by atoms with Crippen molar-refractivity contribution in [2.45, 2.75) is 85.1 Å². The molecule has 174 valence electrons. The van der Waals surface area contributed by atoms with Crippen LogP contribution in [0.4, 0.5) is 0 Å². The SMILES string of the molecule is CCCOc1cncc(C2=CCC3C4CCC5N(C(C)=O)CCCC5(C)C4CCC23C)c1. The fourth-order valence-electron chi connectivity index (χ4n) is 8.34. The van der Waals surface area contributed by atoms with Gasteiger partial charge in [-0.2, -0.15) is 0 Å². The molecule has 3 aliphatic carbocycles. The Balaban J connectivity index is 1.40. The van der Waals surface area contributed by atoms with E-state index in [9.17, 15) is 4.79 Å². The number of ether oxygens (including phenoxy) is 1. The Kier molecular flexibility index (Phi) is 5.62. The van der Waals surface area contributed by atoms with Gasteiger partial charge in [0.05, 0.1) is 12.8 Å². The van der Waals surface area contributed by atoms with Crippen LogP contribution in [0.1, 0.15) is 84.6 Å². The lowest BCUT2D eigenvalue weighted by molar-refractivity contribution is -0.151. The Morgan fingerprint density at radius 1 is 1.19 bits per heavy atom. The molecule has 1 saturated heterocycles. The lowest BCUT2D eigenvalue weighted by atomic mass is 9.46. The van der Waals surface area contributed by atoms with Crippen molar-refractivity contribution in [3.05, 3.63) is 30.1 Å². The Morgan fingerprint density at radius 2 is 2.03 bits per heavy atom. The molecule has 0 spiro atoms. The van der Waals surface area contributed by atoms with Crippen LogP contribution in [0.15, 0.2) is 24.5 Å². The van der Waals surface area contributed by atoms with E-state index in [1.54, 1.807) is 6.92 Å². The van der Waals surface area contributed by atoms with E-state index in [-0.39, 0.29) is 16.7 Å². The Morgan fingerprint density at radius 3 is 2.81 bits per heavy atom. The average molecular weight is 437 g/mol. The minimum atomic E-state index is 0.227. The third-order valence-electron chi connectivity index (χ3n) is 9.79. The molecule has 4 heteroatoms. The monoisotopic (exact) mass is 436 g/mol. The number of allylic oxidation sites excluding steroid dienone is 2. The van der Waals surface area contributed by atoms with Crippen molar-refractivity contribution in [1.82, 2.24) is 9.88 Å². The molecule has 4 aliphatic rings. The number of likely N-dealkylation sites (tertiary alicyclic amines) is 1. The second-order valence-corrected chi connectivity index (χ2v) is 11.4. The topological polar surface area (TPSA) is 42.4 Å². The summed E-state index contributed by atoms with van der Waals surface area (Å²) in [6, 6.07) is 2.66. The summed E-state index contributed by atoms with van der Waals surface area (Å²) in [7, 11) is 0. The number of carbonyl (C=O) groups is 1. The van der Waals surface area contributed by atoms with Crippen LogP contribution in [0, 0.1) is 28.6 Å². The van der Waals surface area contributed by atoms with Gasteiger partial charge in [0.15, 0.2) is 0 Å². The summed E-state index contributed by atoms with van der Waals surface area (Å²) in [4.78, 5) is 19.1. The van der Waals surface area contributed by atoms with Gasteiger partial charge >= 0.3 is 0 Å². The summed E-state index contributed by atoms with van der Waals surface area (Å²) in [5.41, 5.74) is 3.26. The zero-order valence-corrected chi connectivity index (χ0v) is 20.4. The minimum Gasteiger partial charge on any atom is -0.492 e. The van der Waals surface area contributed by atoms with Crippen molar-refractivity contribution >= 4 is 11.5 Å². The Hall–Kier alpha value is -1.84. The molecule has 1 amide bonds. The molecular weight excluding hydrogens is 396 g/mol. The largest absolute Gasteiger partial charge is 0.492 e. The third kappa shape index (κ3) is 3.31. The maximum atomic E-state index is 12.4. The molecule has 1 aliphatic heterocycles. The summed E-state index contributed by atoms with van der Waals surface area (Å²) < 4.78 is 5.89. The zero-order chi connectivity index (χ0) is 22.5. The number of fused-ring (bicyclic) bond motifs is 5. The highest BCUT2D eigenvalue weighted by atomic mass is 16.5. The van der Waals surface area contributed by atoms with Crippen LogP contribution in [0.2, 0.25) is 0 Å². The van der Waals surface area contributed by atoms with Gasteiger partial charge in [0.2, 0.25) is 5.91 Å². The summed E-state index contributed by atoms with van der Waals surface area (Å²) in [6.45, 7) is 10.7. The Bertz CT molecular complexity index is 910. The van der Waals surface area contributed by atoms with Crippen LogP contribution in [-0.2, 0) is 4.79 Å². The van der Waals surface area contributed by atoms with E-state index in [2.05, 4.69) is 42.8 Å². The number of hydrogen-bond acceptors (Lipinski definition) is 3. The van der Waals surface area contributed by atoms with E-state index in [4.69, 9.17) is 4.74 Å². The molecule has 5 rings (SSSR count). The van der Waals surface area contributed by atoms with Crippen molar-refractivity contribution in [2.24, 2.45) is 28.6 Å². The second-order valence-electron chi connectivity index (χ2n) is 11.4. The molecule has 0 N–H and O–H groups in total. The van der Waals surface area contributed by atoms with E-state index in [0.29, 0.717) is 12.0 Å². The van der Waals surface area contributed by atoms with Crippen LogP contribution < -0.4 is 4.74 Å². The van der Waals surface area contributed by atoms with E-state index in [1.807, 2.05) is 12.4 Å². The van der Waals surface area contributed by atoms with Crippen molar-refractivity contribution in [3.63, 3.8) is 0 Å². The lowest BCUT2D eigenvalue weighted by Gasteiger charge is -2.62. The fraction of sp³-hybridized carbons (Fsp3) is 0.714. The predicted octanol–water partition coefficient (Wildman–Crippen LogP) is 6.12. The van der Waals surface area contributed by atoms with Crippen LogP contribution in [-0.4, -0.2) is 35.0 Å². The number of hydrogen-bond donors (Lipinski definition) is 0. The van der Waals surface area contributed by atoms with E-state index in [1.165, 1.54) is 49.7 Å². The third-order valence-corrected chi connectivity index (χ3v) is 9.79. The van der Waals surface area contributed by atoms with Gasteiger partial charge in [0, 0.05) is 25.7 Å². The first-order valence-corrected chi connectivity index (χ1v) is 12.9. The van der Waals surface area contributed by atoms with Crippen molar-refractivity contribution < 1.29 is 9.53 Å². The van der Waals surface area contributed by atoms with Gasteiger partial charge in [-0.15, -0.1) is 0 Å². The smallest absolute Gasteiger partial charge is 0.219 e. The van der Waals surface area contributed by atoms with Crippen molar-refractivity contribution in [2.75, 3.05) is 13.2 Å². The van der Waals surface area contributed by atoms with E-state index in [0.717, 1.165) is 43.6 Å². The van der Waals surface area contributed by atoms with Gasteiger partial charge in [0.1, 0.15) is 5.75 Å². The van der Waals surface area contributed by atoms with Crippen molar-refractivity contribution in [3.8, 4) is 5.75 Å². The molecule has 1 aromatic rings. The number of aromatic nitrogens is 1. The molecule has 32 heavy (non-hydrogen) atoms. The van der Waals surface area contributed by atoms with Gasteiger partial charge in [-0.25, -0.2) is 0 Å². The highest BCUT2D eigenvalue weighted by Crippen LogP contribution is 2.66. The van der Waals surface area contributed by atoms with Gasteiger partial charge in [-0.1, -0.05) is 26.8 Å². The standard InChI is InChI=1S/C28H40N2O2/c1-5-15-32-21-16-20(17-29-18-21)23-8-9-24-22-7-10-26-28(4,12-6-14-30(26)19(2)31)25(22)11-13-27(23,24)3/h8,16-18,22,24-26H,5-7,9-15H2,1-4H3. The first-order chi connectivity index (χ1) is 15.4. The van der Waals surface area contributed by atoms with Crippen LogP contribution >= 0.6 is 0 Å². The van der Waals surface area contributed by atoms with Crippen LogP contribution in [0.25, 0.3) is 5.57 Å². The average Bonchev–Trinajstić information content (AvgIpc) is 3.14. The molecule has 2 saturated carbocycles. The number of nitrogens with zero attached hydrogens (tertiary/aromatic N) is 2. The number of amides is 1. The lowest BCUT2D eigenvalue weighted by Crippen LogP contribution is -2.61. The van der Waals surface area contributed by atoms with Crippen molar-refractivity contribution in [1.29, 1.82) is 0 Å². The highest BCUT2D eigenvalue weighted by Gasteiger charge is 2.59. The Labute approximate surface area is 193 Å². The maximum absolute atomic E-state index is 12.4. The summed E-state index contributed by atoms with van der Waals surface area (Å²) >= 11 is 0. The molecule has 0 bridgehead atoms. The minimum absolute atomic E-state index is 0.227. The quantitative estimate of drug-likeness (QED) is 0.571. The molecule has 6 unspecified atom stereocenters. The number of rotatable bonds is 4. The van der Waals surface area contributed by atoms with Gasteiger partial charge in [-0.3, -0.25) is 9.78 Å². The summed E-state index contributed by atoms with van der Waals surface area (Å²) in [6.07, 6.45) is 16.0. The first-order valence-electron chi connectivity index (χ1n) is 12.9. The molecular formula is C28H40N2O2. The van der Waals surface area contributed by atoms with Crippen LogP contribution in [0.3, 0.4) is 0 Å². The van der Waals surface area contributed by atoms with E-state index >= 15 is 0 Å². The highest BCUT2D eigenvalue weighted by molar-refractivity contribution is 5.74. The molecule has 0 radical (unpaired) electrons. The van der Waals surface area contributed by atoms with Gasteiger partial charge in [-0.05, 0) is 97.2 Å². The number of carbonyl (C=O) groups excluding carboxylic acids is 1. The molecule has 6 atom stereocenters. The summed E-state index contributed by atoms with van der Waals surface area (Å²) in [5.74, 6) is 3.39.